The fraction of sp³-hybridized carbons (Fsp3) is 0. The molecule has 0 radical (unpaired) electrons. The molecule has 0 N–H and O–H groups in total. The smallest absolute Gasteiger partial charge is 0.00201 e. The van der Waals surface area contributed by atoms with Gasteiger partial charge in [0.25, 0.3) is 0 Å². The molecule has 0 heterocycles. The van der Waals surface area contributed by atoms with Crippen LogP contribution in [0.25, 0.3) is 87.6 Å². The van der Waals surface area contributed by atoms with Crippen LogP contribution in [0.5, 0.6) is 0 Å². The molecule has 0 aliphatic heterocycles. The highest BCUT2D eigenvalue weighted by Crippen LogP contribution is 2.48. The second kappa shape index (κ2) is 10.9. The molecule has 0 heteroatoms. The van der Waals surface area contributed by atoms with Gasteiger partial charge in [-0.2, -0.15) is 0 Å². The monoisotopic (exact) mass is 582 g/mol. The molecule has 9 rings (SSSR count). The van der Waals surface area contributed by atoms with Gasteiger partial charge in [-0.05, 0) is 93.7 Å². The van der Waals surface area contributed by atoms with Crippen molar-refractivity contribution in [3.8, 4) is 44.5 Å². The van der Waals surface area contributed by atoms with Gasteiger partial charge in [-0.3, -0.25) is 0 Å². The number of rotatable bonds is 4. The van der Waals surface area contributed by atoms with E-state index in [0.717, 1.165) is 0 Å². The van der Waals surface area contributed by atoms with Crippen LogP contribution in [0.3, 0.4) is 0 Å². The van der Waals surface area contributed by atoms with E-state index in [1.807, 2.05) is 0 Å². The van der Waals surface area contributed by atoms with Crippen LogP contribution in [-0.4, -0.2) is 0 Å². The zero-order chi connectivity index (χ0) is 30.5. The van der Waals surface area contributed by atoms with E-state index in [-0.39, 0.29) is 0 Å². The van der Waals surface area contributed by atoms with Crippen LogP contribution >= 0.6 is 0 Å². The molecular formula is C46H30. The highest BCUT2D eigenvalue weighted by Gasteiger charge is 2.20. The minimum Gasteiger partial charge on any atom is -0.0622 e. The topological polar surface area (TPSA) is 0 Å². The molecule has 0 spiro atoms. The van der Waals surface area contributed by atoms with Gasteiger partial charge in [0.2, 0.25) is 0 Å². The van der Waals surface area contributed by atoms with Gasteiger partial charge in [-0.25, -0.2) is 0 Å². The predicted molar refractivity (Wildman–Crippen MR) is 198 cm³/mol. The third kappa shape index (κ3) is 4.23. The summed E-state index contributed by atoms with van der Waals surface area (Å²) in [6.07, 6.45) is 0. The van der Waals surface area contributed by atoms with Gasteiger partial charge in [0.05, 0.1) is 0 Å². The predicted octanol–water partition coefficient (Wildman–Crippen LogP) is 13.0. The normalized spacial score (nSPS) is 11.5. The van der Waals surface area contributed by atoms with Crippen LogP contribution in [0.15, 0.2) is 182 Å². The highest BCUT2D eigenvalue weighted by atomic mass is 14.2. The van der Waals surface area contributed by atoms with Crippen molar-refractivity contribution in [1.82, 2.24) is 0 Å². The SMILES string of the molecule is c1ccc(-c2cc(-c3cccc4ccccc34)ccc2-c2c3ccccc3c(-c3cccc4ccccc34)c3ccccc23)cc1. The maximum Gasteiger partial charge on any atom is -0.00201 e. The summed E-state index contributed by atoms with van der Waals surface area (Å²) in [7, 11) is 0. The molecule has 0 nitrogen and oxygen atoms in total. The minimum atomic E-state index is 1.21. The summed E-state index contributed by atoms with van der Waals surface area (Å²) >= 11 is 0. The third-order valence-corrected chi connectivity index (χ3v) is 9.46. The fourth-order valence-corrected chi connectivity index (χ4v) is 7.42. The first-order chi connectivity index (χ1) is 22.8. The number of fused-ring (bicyclic) bond motifs is 4. The number of benzene rings is 9. The van der Waals surface area contributed by atoms with E-state index in [1.54, 1.807) is 0 Å². The quantitative estimate of drug-likeness (QED) is 0.181. The number of hydrogen-bond donors (Lipinski definition) is 0. The van der Waals surface area contributed by atoms with E-state index in [0.29, 0.717) is 0 Å². The summed E-state index contributed by atoms with van der Waals surface area (Å²) in [4.78, 5) is 0. The molecule has 0 unspecified atom stereocenters. The second-order valence-corrected chi connectivity index (χ2v) is 12.0. The molecule has 0 saturated carbocycles. The zero-order valence-electron chi connectivity index (χ0n) is 25.3. The Morgan fingerprint density at radius 3 is 1.24 bits per heavy atom. The lowest BCUT2D eigenvalue weighted by molar-refractivity contribution is 1.59. The summed E-state index contributed by atoms with van der Waals surface area (Å²) < 4.78 is 0. The Bertz CT molecular complexity index is 2500. The van der Waals surface area contributed by atoms with Crippen LogP contribution in [0.2, 0.25) is 0 Å². The Kier molecular flexibility index (Phi) is 6.25. The molecule has 46 heavy (non-hydrogen) atoms. The van der Waals surface area contributed by atoms with E-state index in [1.165, 1.54) is 87.6 Å². The Labute approximate surface area is 268 Å². The van der Waals surface area contributed by atoms with E-state index in [9.17, 15) is 0 Å². The van der Waals surface area contributed by atoms with Crippen LogP contribution in [0, 0.1) is 0 Å². The van der Waals surface area contributed by atoms with Gasteiger partial charge in [-0.1, -0.05) is 176 Å². The van der Waals surface area contributed by atoms with Crippen LogP contribution in [0.1, 0.15) is 0 Å². The summed E-state index contributed by atoms with van der Waals surface area (Å²) in [5, 5.41) is 10.1. The lowest BCUT2D eigenvalue weighted by Crippen LogP contribution is -1.94. The van der Waals surface area contributed by atoms with Gasteiger partial charge in [-0.15, -0.1) is 0 Å². The minimum absolute atomic E-state index is 1.21. The summed E-state index contributed by atoms with van der Waals surface area (Å²) in [5.74, 6) is 0. The molecule has 0 saturated heterocycles. The average Bonchev–Trinajstić information content (AvgIpc) is 3.13. The first-order valence-electron chi connectivity index (χ1n) is 15.9. The molecule has 9 aromatic rings. The van der Waals surface area contributed by atoms with Gasteiger partial charge >= 0.3 is 0 Å². The van der Waals surface area contributed by atoms with Crippen molar-refractivity contribution in [2.24, 2.45) is 0 Å². The molecule has 9 aromatic carbocycles. The second-order valence-electron chi connectivity index (χ2n) is 12.0. The van der Waals surface area contributed by atoms with Crippen molar-refractivity contribution in [2.45, 2.75) is 0 Å². The maximum absolute atomic E-state index is 2.40. The van der Waals surface area contributed by atoms with Crippen LogP contribution in [-0.2, 0) is 0 Å². The van der Waals surface area contributed by atoms with Crippen molar-refractivity contribution in [1.29, 1.82) is 0 Å². The maximum atomic E-state index is 2.40. The van der Waals surface area contributed by atoms with Gasteiger partial charge in [0.15, 0.2) is 0 Å². The Balaban J connectivity index is 1.38. The Morgan fingerprint density at radius 2 is 0.652 bits per heavy atom. The first kappa shape index (κ1) is 26.4. The van der Waals surface area contributed by atoms with E-state index in [2.05, 4.69) is 182 Å². The number of hydrogen-bond acceptors (Lipinski definition) is 0. The molecule has 0 atom stereocenters. The molecule has 214 valence electrons. The van der Waals surface area contributed by atoms with Gasteiger partial charge in [0.1, 0.15) is 0 Å². The van der Waals surface area contributed by atoms with Crippen LogP contribution < -0.4 is 0 Å². The standard InChI is InChI=1S/C46H30/c1-2-14-33(15-3-1)44-30-34(37-26-12-18-31-16-4-6-20-35(31)37)28-29-43(44)46-41-24-10-8-22-39(41)45(40-23-9-11-25-42(40)46)38-27-13-19-32-17-5-7-21-36(32)38/h1-30H. The van der Waals surface area contributed by atoms with Crippen molar-refractivity contribution >= 4 is 43.1 Å². The van der Waals surface area contributed by atoms with Gasteiger partial charge in [0, 0.05) is 0 Å². The van der Waals surface area contributed by atoms with E-state index in [4.69, 9.17) is 0 Å². The van der Waals surface area contributed by atoms with E-state index < -0.39 is 0 Å². The fourth-order valence-electron chi connectivity index (χ4n) is 7.42. The average molecular weight is 583 g/mol. The lowest BCUT2D eigenvalue weighted by atomic mass is 9.82. The zero-order valence-corrected chi connectivity index (χ0v) is 25.3. The largest absolute Gasteiger partial charge is 0.0622 e. The summed E-state index contributed by atoms with van der Waals surface area (Å²) in [6.45, 7) is 0. The Morgan fingerprint density at radius 1 is 0.217 bits per heavy atom. The highest BCUT2D eigenvalue weighted by molar-refractivity contribution is 6.24. The molecule has 0 amide bonds. The summed E-state index contributed by atoms with van der Waals surface area (Å²) in [6, 6.07) is 66.5. The van der Waals surface area contributed by atoms with Crippen LogP contribution in [0.4, 0.5) is 0 Å². The first-order valence-corrected chi connectivity index (χ1v) is 15.9. The molecule has 0 aliphatic rings. The molecule has 0 bridgehead atoms. The summed E-state index contributed by atoms with van der Waals surface area (Å²) in [5.41, 5.74) is 10.0. The molecule has 0 fully saturated rings. The van der Waals surface area contributed by atoms with Crippen molar-refractivity contribution in [3.05, 3.63) is 182 Å². The van der Waals surface area contributed by atoms with E-state index >= 15 is 0 Å². The Hall–Kier alpha value is -5.98. The lowest BCUT2D eigenvalue weighted by Gasteiger charge is -2.21. The molecule has 0 aliphatic carbocycles. The molecular weight excluding hydrogens is 553 g/mol. The van der Waals surface area contributed by atoms with Crippen molar-refractivity contribution in [2.75, 3.05) is 0 Å². The van der Waals surface area contributed by atoms with Gasteiger partial charge < -0.3 is 0 Å². The molecule has 0 aromatic heterocycles. The van der Waals surface area contributed by atoms with Crippen molar-refractivity contribution in [3.63, 3.8) is 0 Å². The van der Waals surface area contributed by atoms with Crippen molar-refractivity contribution < 1.29 is 0 Å². The third-order valence-electron chi connectivity index (χ3n) is 9.46.